The van der Waals surface area contributed by atoms with E-state index in [0.717, 1.165) is 64.8 Å². The predicted octanol–water partition coefficient (Wildman–Crippen LogP) is 1.92. The number of hydrogen-bond acceptors (Lipinski definition) is 5. The smallest absolute Gasteiger partial charge is 0.309 e. The molecule has 1 aromatic carbocycles. The maximum absolute atomic E-state index is 12.6. The van der Waals surface area contributed by atoms with E-state index < -0.39 is 11.8 Å². The van der Waals surface area contributed by atoms with Gasteiger partial charge in [0.2, 0.25) is 0 Å². The Morgan fingerprint density at radius 2 is 1.69 bits per heavy atom. The topological polar surface area (TPSA) is 67.9 Å². The van der Waals surface area contributed by atoms with Gasteiger partial charge in [-0.25, -0.2) is 0 Å². The van der Waals surface area contributed by atoms with Crippen LogP contribution in [0.2, 0.25) is 0 Å². The lowest BCUT2D eigenvalue weighted by Crippen LogP contribution is -2.50. The van der Waals surface area contributed by atoms with Gasteiger partial charge in [-0.3, -0.25) is 14.5 Å². The summed E-state index contributed by atoms with van der Waals surface area (Å²) in [6, 6.07) is 6.93. The fourth-order valence-corrected chi connectivity index (χ4v) is 5.33. The summed E-state index contributed by atoms with van der Waals surface area (Å²) in [5.41, 5.74) is 3.91. The highest BCUT2D eigenvalue weighted by molar-refractivity contribution is 6.35. The third-order valence-corrected chi connectivity index (χ3v) is 7.45. The predicted molar refractivity (Wildman–Crippen MR) is 128 cm³/mol. The fourth-order valence-electron chi connectivity index (χ4n) is 5.33. The summed E-state index contributed by atoms with van der Waals surface area (Å²) in [6.07, 6.45) is 7.73. The Kier molecular flexibility index (Phi) is 7.68. The van der Waals surface area contributed by atoms with E-state index in [1.807, 2.05) is 0 Å². The van der Waals surface area contributed by atoms with E-state index in [-0.39, 0.29) is 12.1 Å². The van der Waals surface area contributed by atoms with Crippen LogP contribution in [0.15, 0.2) is 18.2 Å². The van der Waals surface area contributed by atoms with Gasteiger partial charge in [-0.1, -0.05) is 37.8 Å². The molecule has 1 aromatic rings. The number of benzene rings is 1. The average molecular weight is 442 g/mol. The van der Waals surface area contributed by atoms with Crippen molar-refractivity contribution >= 4 is 17.5 Å². The van der Waals surface area contributed by atoms with E-state index in [4.69, 9.17) is 0 Å². The van der Waals surface area contributed by atoms with Gasteiger partial charge in [0.15, 0.2) is 0 Å². The van der Waals surface area contributed by atoms with Gasteiger partial charge in [-0.2, -0.15) is 0 Å². The first kappa shape index (κ1) is 23.1. The fraction of sp³-hybridized carbons (Fsp3) is 0.680. The molecule has 3 aliphatic rings. The van der Waals surface area contributed by atoms with Crippen LogP contribution in [0.1, 0.15) is 55.7 Å². The molecule has 0 bridgehead atoms. The minimum Gasteiger partial charge on any atom is -0.374 e. The van der Waals surface area contributed by atoms with Crippen LogP contribution in [-0.2, 0) is 16.0 Å². The molecule has 0 unspecified atom stereocenters. The van der Waals surface area contributed by atoms with Crippen LogP contribution in [0, 0.1) is 0 Å². The van der Waals surface area contributed by atoms with E-state index in [0.29, 0.717) is 6.54 Å². The van der Waals surface area contributed by atoms with E-state index >= 15 is 0 Å². The first-order valence-corrected chi connectivity index (χ1v) is 12.4. The van der Waals surface area contributed by atoms with Crippen LogP contribution >= 0.6 is 0 Å². The number of amides is 2. The van der Waals surface area contributed by atoms with E-state index in [1.54, 1.807) is 0 Å². The molecule has 7 heteroatoms. The second-order valence-corrected chi connectivity index (χ2v) is 9.79. The van der Waals surface area contributed by atoms with Gasteiger partial charge in [0.1, 0.15) is 0 Å². The highest BCUT2D eigenvalue weighted by Crippen LogP contribution is 2.31. The van der Waals surface area contributed by atoms with Crippen molar-refractivity contribution in [3.63, 3.8) is 0 Å². The van der Waals surface area contributed by atoms with Crippen LogP contribution in [0.3, 0.4) is 0 Å². The number of nitrogens with one attached hydrogen (secondary N) is 2. The van der Waals surface area contributed by atoms with Crippen molar-refractivity contribution in [2.75, 3.05) is 58.3 Å². The molecule has 2 amide bonds. The minimum atomic E-state index is -0.505. The lowest BCUT2D eigenvalue weighted by molar-refractivity contribution is -0.139. The summed E-state index contributed by atoms with van der Waals surface area (Å²) in [5, 5.41) is 5.92. The monoisotopic (exact) mass is 441 g/mol. The molecule has 32 heavy (non-hydrogen) atoms. The number of rotatable bonds is 5. The van der Waals surface area contributed by atoms with Crippen molar-refractivity contribution < 1.29 is 9.59 Å². The first-order valence-electron chi connectivity index (χ1n) is 12.4. The zero-order valence-electron chi connectivity index (χ0n) is 19.7. The second-order valence-electron chi connectivity index (χ2n) is 9.79. The molecular formula is C25H39N5O2. The Morgan fingerprint density at radius 1 is 0.969 bits per heavy atom. The van der Waals surface area contributed by atoms with Crippen molar-refractivity contribution in [1.29, 1.82) is 0 Å². The molecule has 2 heterocycles. The summed E-state index contributed by atoms with van der Waals surface area (Å²) >= 11 is 0. The van der Waals surface area contributed by atoms with Crippen molar-refractivity contribution in [3.8, 4) is 0 Å². The number of carbonyl (C=O) groups is 2. The molecule has 2 N–H and O–H groups in total. The van der Waals surface area contributed by atoms with E-state index in [9.17, 15) is 9.59 Å². The minimum absolute atomic E-state index is 0.0783. The van der Waals surface area contributed by atoms with Gasteiger partial charge in [-0.15, -0.1) is 0 Å². The zero-order valence-corrected chi connectivity index (χ0v) is 19.7. The number of carbonyl (C=O) groups excluding carboxylic acids is 2. The largest absolute Gasteiger partial charge is 0.374 e. The summed E-state index contributed by atoms with van der Waals surface area (Å²) in [5.74, 6) is -0.987. The standard InChI is InChI=1S/C25H39N5O2/c1-28-13-15-30(16-14-28)23(19-9-10-22-20(17-19)11-12-29(22)2)18-26-24(31)25(32)27-21-7-5-3-4-6-8-21/h9-10,17,21,23H,3-8,11-16,18H2,1-2H3,(H,26,31)(H,27,32)/t23-/m1/s1. The quantitative estimate of drug-likeness (QED) is 0.540. The van der Waals surface area contributed by atoms with Crippen molar-refractivity contribution in [3.05, 3.63) is 29.3 Å². The maximum Gasteiger partial charge on any atom is 0.309 e. The molecule has 1 saturated heterocycles. The summed E-state index contributed by atoms with van der Waals surface area (Å²) in [7, 11) is 4.29. The lowest BCUT2D eigenvalue weighted by atomic mass is 10.00. The molecule has 0 radical (unpaired) electrons. The van der Waals surface area contributed by atoms with Crippen molar-refractivity contribution in [1.82, 2.24) is 20.4 Å². The number of nitrogens with zero attached hydrogens (tertiary/aromatic N) is 3. The third kappa shape index (κ3) is 5.62. The molecule has 176 valence electrons. The first-order chi connectivity index (χ1) is 15.5. The van der Waals surface area contributed by atoms with Crippen LogP contribution in [-0.4, -0.2) is 81.0 Å². The van der Waals surface area contributed by atoms with E-state index in [2.05, 4.69) is 57.6 Å². The Hall–Kier alpha value is -2.12. The molecule has 2 fully saturated rings. The highest BCUT2D eigenvalue weighted by atomic mass is 16.2. The van der Waals surface area contributed by atoms with Gasteiger partial charge >= 0.3 is 11.8 Å². The van der Waals surface area contributed by atoms with Gasteiger partial charge in [0, 0.05) is 58.0 Å². The van der Waals surface area contributed by atoms with Gasteiger partial charge < -0.3 is 20.4 Å². The molecule has 4 rings (SSSR count). The number of piperazine rings is 1. The van der Waals surface area contributed by atoms with Crippen LogP contribution in [0.4, 0.5) is 5.69 Å². The van der Waals surface area contributed by atoms with E-state index in [1.165, 1.54) is 29.7 Å². The number of likely N-dealkylation sites (N-methyl/N-ethyl adjacent to an activating group) is 2. The Morgan fingerprint density at radius 3 is 2.41 bits per heavy atom. The number of hydrogen-bond donors (Lipinski definition) is 2. The molecule has 1 saturated carbocycles. The molecular weight excluding hydrogens is 402 g/mol. The summed E-state index contributed by atoms with van der Waals surface area (Å²) < 4.78 is 0. The number of anilines is 1. The molecule has 0 aromatic heterocycles. The maximum atomic E-state index is 12.6. The Bertz CT molecular complexity index is 798. The Labute approximate surface area is 192 Å². The normalized spacial score (nSPS) is 21.6. The molecule has 7 nitrogen and oxygen atoms in total. The molecule has 0 spiro atoms. The van der Waals surface area contributed by atoms with Gasteiger partial charge in [0.25, 0.3) is 0 Å². The summed E-state index contributed by atoms with van der Waals surface area (Å²) in [4.78, 5) is 32.3. The summed E-state index contributed by atoms with van der Waals surface area (Å²) in [6.45, 7) is 5.45. The van der Waals surface area contributed by atoms with Gasteiger partial charge in [-0.05, 0) is 43.5 Å². The number of fused-ring (bicyclic) bond motifs is 1. The Balaban J connectivity index is 1.41. The van der Waals surface area contributed by atoms with Crippen LogP contribution < -0.4 is 15.5 Å². The van der Waals surface area contributed by atoms with Gasteiger partial charge in [0.05, 0.1) is 6.04 Å². The van der Waals surface area contributed by atoms with Crippen molar-refractivity contribution in [2.24, 2.45) is 0 Å². The molecule has 1 aliphatic carbocycles. The highest BCUT2D eigenvalue weighted by Gasteiger charge is 2.27. The SMILES string of the molecule is CN1CCN([C@H](CNC(=O)C(=O)NC2CCCCCC2)c2ccc3c(c2)CCN3C)CC1. The second kappa shape index (κ2) is 10.7. The zero-order chi connectivity index (χ0) is 22.5. The third-order valence-electron chi connectivity index (χ3n) is 7.45. The van der Waals surface area contributed by atoms with Crippen molar-refractivity contribution in [2.45, 2.75) is 57.0 Å². The lowest BCUT2D eigenvalue weighted by Gasteiger charge is -2.38. The molecule has 2 aliphatic heterocycles. The molecule has 1 atom stereocenters. The van der Waals surface area contributed by atoms with Crippen LogP contribution in [0.5, 0.6) is 0 Å². The van der Waals surface area contributed by atoms with Crippen LogP contribution in [0.25, 0.3) is 0 Å². The average Bonchev–Trinajstić information content (AvgIpc) is 2.98.